The molecule has 0 radical (unpaired) electrons. The van der Waals surface area contributed by atoms with Crippen molar-refractivity contribution in [1.82, 2.24) is 14.5 Å². The van der Waals surface area contributed by atoms with Gasteiger partial charge in [-0.3, -0.25) is 4.79 Å². The number of nitrogens with one attached hydrogen (secondary N) is 1. The molecular weight excluding hydrogens is 342 g/mol. The van der Waals surface area contributed by atoms with E-state index in [0.717, 1.165) is 11.1 Å². The molecule has 2 aliphatic rings. The van der Waals surface area contributed by atoms with Gasteiger partial charge in [-0.05, 0) is 37.1 Å². The number of carbonyl (C=O) groups is 1. The molecule has 2 aliphatic heterocycles. The van der Waals surface area contributed by atoms with Crippen LogP contribution in [-0.2, 0) is 19.6 Å². The fraction of sp³-hybridized carbons (Fsp3) is 0.588. The van der Waals surface area contributed by atoms with Crippen molar-refractivity contribution in [1.29, 1.82) is 0 Å². The second-order valence-corrected chi connectivity index (χ2v) is 8.49. The summed E-state index contributed by atoms with van der Waals surface area (Å²) in [6, 6.07) is 4.87. The Hall–Kier alpha value is -1.48. The fourth-order valence-electron chi connectivity index (χ4n) is 3.12. The second-order valence-electron chi connectivity index (χ2n) is 6.56. The number of hydrogen-bond donors (Lipinski definition) is 1. The minimum Gasteiger partial charge on any atom is -0.378 e. The average Bonchev–Trinajstić information content (AvgIpc) is 2.64. The smallest absolute Gasteiger partial charge is 0.243 e. The molecule has 8 heteroatoms. The van der Waals surface area contributed by atoms with E-state index in [9.17, 15) is 13.2 Å². The number of benzene rings is 1. The zero-order valence-electron chi connectivity index (χ0n) is 14.7. The highest BCUT2D eigenvalue weighted by molar-refractivity contribution is 7.89. The second kappa shape index (κ2) is 7.41. The van der Waals surface area contributed by atoms with Gasteiger partial charge in [0.05, 0.1) is 18.1 Å². The summed E-state index contributed by atoms with van der Waals surface area (Å²) in [7, 11) is -3.52. The lowest BCUT2D eigenvalue weighted by atomic mass is 10.1. The van der Waals surface area contributed by atoms with Crippen LogP contribution in [-0.4, -0.2) is 75.5 Å². The van der Waals surface area contributed by atoms with Gasteiger partial charge < -0.3 is 15.0 Å². The number of nitrogens with zero attached hydrogens (tertiary/aromatic N) is 2. The minimum absolute atomic E-state index is 0.0112. The van der Waals surface area contributed by atoms with Gasteiger partial charge in [0, 0.05) is 32.7 Å². The summed E-state index contributed by atoms with van der Waals surface area (Å²) in [6.07, 6.45) is 0. The molecule has 2 heterocycles. The van der Waals surface area contributed by atoms with Crippen LogP contribution in [0.3, 0.4) is 0 Å². The molecule has 0 bridgehead atoms. The molecule has 0 aromatic heterocycles. The Labute approximate surface area is 149 Å². The van der Waals surface area contributed by atoms with Crippen LogP contribution in [0.2, 0.25) is 0 Å². The predicted molar refractivity (Wildman–Crippen MR) is 93.9 cm³/mol. The minimum atomic E-state index is -3.52. The average molecular weight is 367 g/mol. The van der Waals surface area contributed by atoms with Crippen molar-refractivity contribution in [2.75, 3.05) is 45.9 Å². The number of carbonyl (C=O) groups excluding carboxylic acids is 1. The first-order valence-electron chi connectivity index (χ1n) is 8.57. The Morgan fingerprint density at radius 3 is 2.48 bits per heavy atom. The van der Waals surface area contributed by atoms with Gasteiger partial charge in [-0.15, -0.1) is 0 Å². The van der Waals surface area contributed by atoms with E-state index in [1.807, 2.05) is 19.9 Å². The van der Waals surface area contributed by atoms with Crippen LogP contribution in [0, 0.1) is 13.8 Å². The molecule has 138 valence electrons. The molecule has 0 aliphatic carbocycles. The fourth-order valence-corrected chi connectivity index (χ4v) is 4.62. The summed E-state index contributed by atoms with van der Waals surface area (Å²) in [6.45, 7) is 6.96. The van der Waals surface area contributed by atoms with Gasteiger partial charge in [-0.25, -0.2) is 8.42 Å². The third-order valence-corrected chi connectivity index (χ3v) is 6.78. The predicted octanol–water partition coefficient (Wildman–Crippen LogP) is 0.125. The summed E-state index contributed by atoms with van der Waals surface area (Å²) < 4.78 is 32.4. The SMILES string of the molecule is Cc1ccc(S(=O)(=O)N2CCN(C(=O)C3COCCN3)CC2)cc1C. The van der Waals surface area contributed by atoms with Crippen molar-refractivity contribution in [2.45, 2.75) is 24.8 Å². The quantitative estimate of drug-likeness (QED) is 0.821. The zero-order valence-corrected chi connectivity index (χ0v) is 15.5. The van der Waals surface area contributed by atoms with Crippen LogP contribution >= 0.6 is 0 Å². The maximum atomic E-state index is 12.8. The lowest BCUT2D eigenvalue weighted by Crippen LogP contribution is -2.57. The van der Waals surface area contributed by atoms with E-state index in [4.69, 9.17) is 4.74 Å². The first-order chi connectivity index (χ1) is 11.9. The molecule has 1 amide bonds. The van der Waals surface area contributed by atoms with Crippen molar-refractivity contribution >= 4 is 15.9 Å². The van der Waals surface area contributed by atoms with Gasteiger partial charge in [-0.1, -0.05) is 6.07 Å². The number of morpholine rings is 1. The molecule has 1 unspecified atom stereocenters. The van der Waals surface area contributed by atoms with E-state index >= 15 is 0 Å². The molecular formula is C17H25N3O4S. The van der Waals surface area contributed by atoms with Gasteiger partial charge in [0.1, 0.15) is 6.04 Å². The highest BCUT2D eigenvalue weighted by atomic mass is 32.2. The lowest BCUT2D eigenvalue weighted by Gasteiger charge is -2.36. The Morgan fingerprint density at radius 2 is 1.88 bits per heavy atom. The molecule has 7 nitrogen and oxygen atoms in total. The van der Waals surface area contributed by atoms with E-state index in [2.05, 4.69) is 5.32 Å². The number of sulfonamides is 1. The molecule has 2 fully saturated rings. The standard InChI is InChI=1S/C17H25N3O4S/c1-13-3-4-15(11-14(13)2)25(22,23)20-8-6-19(7-9-20)17(21)16-12-24-10-5-18-16/h3-4,11,16,18H,5-10,12H2,1-2H3. The largest absolute Gasteiger partial charge is 0.378 e. The normalized spacial score (nSPS) is 22.8. The Morgan fingerprint density at radius 1 is 1.16 bits per heavy atom. The number of piperazine rings is 1. The molecule has 25 heavy (non-hydrogen) atoms. The first-order valence-corrected chi connectivity index (χ1v) is 10.0. The Kier molecular flexibility index (Phi) is 5.43. The molecule has 1 aromatic rings. The van der Waals surface area contributed by atoms with E-state index in [1.54, 1.807) is 17.0 Å². The maximum absolute atomic E-state index is 12.8. The Balaban J connectivity index is 1.64. The van der Waals surface area contributed by atoms with Crippen LogP contribution in [0.5, 0.6) is 0 Å². The number of amides is 1. The third kappa shape index (κ3) is 3.87. The lowest BCUT2D eigenvalue weighted by molar-refractivity contribution is -0.137. The van der Waals surface area contributed by atoms with Crippen molar-refractivity contribution in [3.05, 3.63) is 29.3 Å². The van der Waals surface area contributed by atoms with E-state index in [1.165, 1.54) is 4.31 Å². The number of ether oxygens (including phenoxy) is 1. The van der Waals surface area contributed by atoms with Gasteiger partial charge in [0.15, 0.2) is 0 Å². The molecule has 3 rings (SSSR count). The molecule has 0 saturated carbocycles. The molecule has 1 aromatic carbocycles. The summed E-state index contributed by atoms with van der Waals surface area (Å²) >= 11 is 0. The topological polar surface area (TPSA) is 79.0 Å². The van der Waals surface area contributed by atoms with E-state index in [0.29, 0.717) is 50.8 Å². The van der Waals surface area contributed by atoms with Crippen LogP contribution < -0.4 is 5.32 Å². The summed E-state index contributed by atoms with van der Waals surface area (Å²) in [5, 5.41) is 3.15. The summed E-state index contributed by atoms with van der Waals surface area (Å²) in [4.78, 5) is 14.5. The van der Waals surface area contributed by atoms with Crippen LogP contribution in [0.15, 0.2) is 23.1 Å². The number of aryl methyl sites for hydroxylation is 2. The Bertz CT molecular complexity index is 736. The molecule has 1 atom stereocenters. The summed E-state index contributed by atoms with van der Waals surface area (Å²) in [5.41, 5.74) is 2.02. The summed E-state index contributed by atoms with van der Waals surface area (Å²) in [5.74, 6) is -0.0112. The highest BCUT2D eigenvalue weighted by Crippen LogP contribution is 2.20. The van der Waals surface area contributed by atoms with Crippen molar-refractivity contribution in [3.8, 4) is 0 Å². The van der Waals surface area contributed by atoms with Crippen molar-refractivity contribution in [2.24, 2.45) is 0 Å². The van der Waals surface area contributed by atoms with E-state index < -0.39 is 10.0 Å². The first kappa shape index (κ1) is 18.3. The van der Waals surface area contributed by atoms with Crippen molar-refractivity contribution < 1.29 is 17.9 Å². The number of hydrogen-bond acceptors (Lipinski definition) is 5. The van der Waals surface area contributed by atoms with Crippen LogP contribution in [0.25, 0.3) is 0 Å². The van der Waals surface area contributed by atoms with Gasteiger partial charge in [0.25, 0.3) is 0 Å². The molecule has 2 saturated heterocycles. The number of rotatable bonds is 3. The molecule has 0 spiro atoms. The highest BCUT2D eigenvalue weighted by Gasteiger charge is 2.33. The zero-order chi connectivity index (χ0) is 18.0. The van der Waals surface area contributed by atoms with Gasteiger partial charge >= 0.3 is 0 Å². The van der Waals surface area contributed by atoms with Gasteiger partial charge in [0.2, 0.25) is 15.9 Å². The monoisotopic (exact) mass is 367 g/mol. The van der Waals surface area contributed by atoms with Crippen LogP contribution in [0.1, 0.15) is 11.1 Å². The van der Waals surface area contributed by atoms with Crippen molar-refractivity contribution in [3.63, 3.8) is 0 Å². The van der Waals surface area contributed by atoms with E-state index in [-0.39, 0.29) is 11.9 Å². The third-order valence-electron chi connectivity index (χ3n) is 4.89. The molecule has 1 N–H and O–H groups in total. The van der Waals surface area contributed by atoms with Gasteiger partial charge in [-0.2, -0.15) is 4.31 Å². The van der Waals surface area contributed by atoms with Crippen LogP contribution in [0.4, 0.5) is 0 Å². The maximum Gasteiger partial charge on any atom is 0.243 e.